The fraction of sp³-hybridized carbons (Fsp3) is 0.909. The molecule has 3 atom stereocenters. The second-order valence-electron chi connectivity index (χ2n) is 4.26. The maximum atomic E-state index is 11.9. The van der Waals surface area contributed by atoms with Crippen LogP contribution in [0.25, 0.3) is 0 Å². The van der Waals surface area contributed by atoms with Gasteiger partial charge in [-0.2, -0.15) is 11.8 Å². The smallest absolute Gasteiger partial charge is 0.237 e. The maximum absolute atomic E-state index is 11.9. The lowest BCUT2D eigenvalue weighted by Gasteiger charge is -2.27. The minimum atomic E-state index is -0.0441. The van der Waals surface area contributed by atoms with Crippen LogP contribution in [0.3, 0.4) is 0 Å². The Hall–Kier alpha value is -0.260. The molecule has 3 N–H and O–H groups in total. The molecule has 0 aromatic rings. The largest absolute Gasteiger partial charge is 0.395 e. The minimum absolute atomic E-state index is 0.0104. The summed E-state index contributed by atoms with van der Waals surface area (Å²) in [7, 11) is 0. The van der Waals surface area contributed by atoms with Crippen molar-refractivity contribution in [2.24, 2.45) is 0 Å². The molecule has 1 aliphatic rings. The zero-order chi connectivity index (χ0) is 12.0. The van der Waals surface area contributed by atoms with Crippen LogP contribution >= 0.6 is 11.8 Å². The molecule has 1 amide bonds. The number of amides is 1. The third kappa shape index (κ3) is 3.96. The van der Waals surface area contributed by atoms with Crippen molar-refractivity contribution in [2.75, 3.05) is 19.4 Å². The van der Waals surface area contributed by atoms with Crippen molar-refractivity contribution in [3.05, 3.63) is 0 Å². The average Bonchev–Trinajstić information content (AvgIpc) is 2.31. The van der Waals surface area contributed by atoms with E-state index in [1.165, 1.54) is 0 Å². The SMILES string of the molecule is CSC(CO)C(C)NC(=O)[C@H]1CCCCN1. The molecule has 5 heteroatoms. The Balaban J connectivity index is 2.37. The monoisotopic (exact) mass is 246 g/mol. The number of rotatable bonds is 5. The number of piperidine rings is 1. The number of hydrogen-bond donors (Lipinski definition) is 3. The van der Waals surface area contributed by atoms with Gasteiger partial charge in [-0.05, 0) is 32.6 Å². The molecule has 0 aromatic heterocycles. The van der Waals surface area contributed by atoms with E-state index in [4.69, 9.17) is 5.11 Å². The van der Waals surface area contributed by atoms with Crippen molar-refractivity contribution in [1.29, 1.82) is 0 Å². The zero-order valence-corrected chi connectivity index (χ0v) is 10.8. The first-order valence-corrected chi connectivity index (χ1v) is 7.15. The number of hydrogen-bond acceptors (Lipinski definition) is 4. The molecule has 0 aliphatic carbocycles. The maximum Gasteiger partial charge on any atom is 0.237 e. The van der Waals surface area contributed by atoms with E-state index in [0.717, 1.165) is 25.8 Å². The highest BCUT2D eigenvalue weighted by atomic mass is 32.2. The first kappa shape index (κ1) is 13.8. The van der Waals surface area contributed by atoms with Gasteiger partial charge >= 0.3 is 0 Å². The van der Waals surface area contributed by atoms with Crippen molar-refractivity contribution in [3.8, 4) is 0 Å². The van der Waals surface area contributed by atoms with Gasteiger partial charge in [0.25, 0.3) is 0 Å². The fourth-order valence-electron chi connectivity index (χ4n) is 1.93. The molecule has 2 unspecified atom stereocenters. The molecule has 1 fully saturated rings. The molecule has 1 heterocycles. The Kier molecular flexibility index (Phi) is 6.16. The lowest BCUT2D eigenvalue weighted by molar-refractivity contribution is -0.124. The van der Waals surface area contributed by atoms with E-state index >= 15 is 0 Å². The molecular formula is C11H22N2O2S. The molecule has 94 valence electrons. The van der Waals surface area contributed by atoms with Crippen LogP contribution in [0.15, 0.2) is 0 Å². The van der Waals surface area contributed by atoms with Gasteiger partial charge in [-0.1, -0.05) is 6.42 Å². The fourth-order valence-corrected chi connectivity index (χ4v) is 2.56. The molecular weight excluding hydrogens is 224 g/mol. The van der Waals surface area contributed by atoms with Crippen LogP contribution in [0, 0.1) is 0 Å². The van der Waals surface area contributed by atoms with Crippen molar-refractivity contribution in [3.63, 3.8) is 0 Å². The number of aliphatic hydroxyl groups is 1. The Bertz CT molecular complexity index is 216. The number of aliphatic hydroxyl groups excluding tert-OH is 1. The van der Waals surface area contributed by atoms with Crippen LogP contribution in [-0.2, 0) is 4.79 Å². The Morgan fingerprint density at radius 1 is 1.62 bits per heavy atom. The predicted molar refractivity (Wildman–Crippen MR) is 67.6 cm³/mol. The number of carbonyl (C=O) groups is 1. The highest BCUT2D eigenvalue weighted by Gasteiger charge is 2.24. The van der Waals surface area contributed by atoms with Gasteiger partial charge in [0.1, 0.15) is 0 Å². The summed E-state index contributed by atoms with van der Waals surface area (Å²) in [4.78, 5) is 11.9. The summed E-state index contributed by atoms with van der Waals surface area (Å²) in [5.74, 6) is 0.0692. The molecule has 4 nitrogen and oxygen atoms in total. The molecule has 16 heavy (non-hydrogen) atoms. The summed E-state index contributed by atoms with van der Waals surface area (Å²) in [6.45, 7) is 2.97. The summed E-state index contributed by atoms with van der Waals surface area (Å²) in [5.41, 5.74) is 0. The molecule has 0 bridgehead atoms. The van der Waals surface area contributed by atoms with Gasteiger partial charge in [0, 0.05) is 11.3 Å². The number of carbonyl (C=O) groups excluding carboxylic acids is 1. The standard InChI is InChI=1S/C11H22N2O2S/c1-8(10(7-14)16-2)13-11(15)9-5-3-4-6-12-9/h8-10,12,14H,3-7H2,1-2H3,(H,13,15)/t8?,9-,10?/m1/s1. The Labute approximate surface area is 102 Å². The molecule has 0 saturated carbocycles. The summed E-state index contributed by atoms with van der Waals surface area (Å²) in [6.07, 6.45) is 5.14. The van der Waals surface area contributed by atoms with E-state index in [-0.39, 0.29) is 29.8 Å². The van der Waals surface area contributed by atoms with Crippen LogP contribution in [0.2, 0.25) is 0 Å². The zero-order valence-electron chi connectivity index (χ0n) is 10.0. The van der Waals surface area contributed by atoms with Crippen molar-refractivity contribution >= 4 is 17.7 Å². The molecule has 0 radical (unpaired) electrons. The van der Waals surface area contributed by atoms with Crippen molar-refractivity contribution < 1.29 is 9.90 Å². The highest BCUT2D eigenvalue weighted by molar-refractivity contribution is 7.99. The second kappa shape index (κ2) is 7.14. The molecule has 1 rings (SSSR count). The molecule has 0 aromatic carbocycles. The van der Waals surface area contributed by atoms with Crippen LogP contribution in [0.5, 0.6) is 0 Å². The van der Waals surface area contributed by atoms with Crippen LogP contribution in [0.1, 0.15) is 26.2 Å². The summed E-state index contributed by atoms with van der Waals surface area (Å²) >= 11 is 1.58. The third-order valence-electron chi connectivity index (χ3n) is 3.04. The third-order valence-corrected chi connectivity index (χ3v) is 4.20. The predicted octanol–water partition coefficient (Wildman–Crippen LogP) is 0.357. The average molecular weight is 246 g/mol. The summed E-state index contributed by atoms with van der Waals surface area (Å²) in [6, 6.07) is -0.0337. The van der Waals surface area contributed by atoms with Crippen molar-refractivity contribution in [2.45, 2.75) is 43.5 Å². The number of thioether (sulfide) groups is 1. The van der Waals surface area contributed by atoms with E-state index in [9.17, 15) is 4.79 Å². The van der Waals surface area contributed by atoms with Gasteiger partial charge in [-0.15, -0.1) is 0 Å². The Morgan fingerprint density at radius 2 is 2.38 bits per heavy atom. The highest BCUT2D eigenvalue weighted by Crippen LogP contribution is 2.12. The molecule has 1 aliphatic heterocycles. The molecule has 1 saturated heterocycles. The first-order chi connectivity index (χ1) is 7.69. The van der Waals surface area contributed by atoms with Crippen LogP contribution < -0.4 is 10.6 Å². The van der Waals surface area contributed by atoms with E-state index in [0.29, 0.717) is 0 Å². The van der Waals surface area contributed by atoms with Gasteiger partial charge in [0.2, 0.25) is 5.91 Å². The second-order valence-corrected chi connectivity index (χ2v) is 5.33. The quantitative estimate of drug-likeness (QED) is 0.655. The van der Waals surface area contributed by atoms with Gasteiger partial charge in [0.05, 0.1) is 12.6 Å². The summed E-state index contributed by atoms with van der Waals surface area (Å²) < 4.78 is 0. The van der Waals surface area contributed by atoms with Crippen molar-refractivity contribution in [1.82, 2.24) is 10.6 Å². The lowest BCUT2D eigenvalue weighted by Crippen LogP contribution is -2.51. The van der Waals surface area contributed by atoms with E-state index in [1.807, 2.05) is 13.2 Å². The van der Waals surface area contributed by atoms with Gasteiger partial charge in [0.15, 0.2) is 0 Å². The van der Waals surface area contributed by atoms with E-state index < -0.39 is 0 Å². The van der Waals surface area contributed by atoms with Crippen LogP contribution in [0.4, 0.5) is 0 Å². The minimum Gasteiger partial charge on any atom is -0.395 e. The number of nitrogens with one attached hydrogen (secondary N) is 2. The topological polar surface area (TPSA) is 61.4 Å². The lowest BCUT2D eigenvalue weighted by atomic mass is 10.0. The van der Waals surface area contributed by atoms with Crippen LogP contribution in [-0.4, -0.2) is 47.8 Å². The van der Waals surface area contributed by atoms with E-state index in [2.05, 4.69) is 10.6 Å². The van der Waals surface area contributed by atoms with Gasteiger partial charge in [-0.25, -0.2) is 0 Å². The van der Waals surface area contributed by atoms with E-state index in [1.54, 1.807) is 11.8 Å². The molecule has 0 spiro atoms. The normalized spacial score (nSPS) is 24.8. The first-order valence-electron chi connectivity index (χ1n) is 5.86. The van der Waals surface area contributed by atoms with Gasteiger partial charge in [-0.3, -0.25) is 4.79 Å². The summed E-state index contributed by atoms with van der Waals surface area (Å²) in [5, 5.41) is 15.4. The Morgan fingerprint density at radius 3 is 2.88 bits per heavy atom. The van der Waals surface area contributed by atoms with Gasteiger partial charge < -0.3 is 15.7 Å².